The average Bonchev–Trinajstić information content (AvgIpc) is 3.07. The molecule has 0 unspecified atom stereocenters. The maximum Gasteiger partial charge on any atom is 0.363 e. The number of methoxy groups -OCH3 is 2. The van der Waals surface area contributed by atoms with E-state index in [9.17, 15) is 9.59 Å². The summed E-state index contributed by atoms with van der Waals surface area (Å²) in [6, 6.07) is 12.6. The molecule has 1 heterocycles. The lowest BCUT2D eigenvalue weighted by Gasteiger charge is -2.10. The Morgan fingerprint density at radius 2 is 1.86 bits per heavy atom. The molecule has 0 aliphatic carbocycles. The van der Waals surface area contributed by atoms with Crippen LogP contribution in [0.4, 0.5) is 0 Å². The lowest BCUT2D eigenvalue weighted by atomic mass is 10.1. The minimum absolute atomic E-state index is 0.181. The molecule has 0 saturated heterocycles. The molecule has 2 aromatic carbocycles. The summed E-state index contributed by atoms with van der Waals surface area (Å²) in [5.74, 6) is 0.0296. The van der Waals surface area contributed by atoms with Gasteiger partial charge in [0.05, 0.1) is 14.2 Å². The first-order valence-corrected chi connectivity index (χ1v) is 8.47. The molecular weight excluding hydrogens is 362 g/mol. The topological polar surface area (TPSA) is 83.4 Å². The summed E-state index contributed by atoms with van der Waals surface area (Å²) in [5.41, 5.74) is 2.68. The van der Waals surface area contributed by atoms with Gasteiger partial charge in [-0.2, -0.15) is 0 Å². The monoisotopic (exact) mass is 381 g/mol. The molecule has 0 amide bonds. The first-order valence-electron chi connectivity index (χ1n) is 8.47. The number of nitrogens with zero attached hydrogens (tertiary/aromatic N) is 1. The van der Waals surface area contributed by atoms with Gasteiger partial charge >= 0.3 is 11.9 Å². The maximum absolute atomic E-state index is 12.1. The lowest BCUT2D eigenvalue weighted by molar-refractivity contribution is -0.143. The van der Waals surface area contributed by atoms with E-state index < -0.39 is 11.9 Å². The fraction of sp³-hybridized carbons (Fsp3) is 0.190. The Morgan fingerprint density at radius 3 is 2.54 bits per heavy atom. The zero-order chi connectivity index (χ0) is 20.1. The van der Waals surface area contributed by atoms with Crippen molar-refractivity contribution < 1.29 is 28.5 Å². The van der Waals surface area contributed by atoms with Crippen LogP contribution in [0.3, 0.4) is 0 Å². The van der Waals surface area contributed by atoms with Gasteiger partial charge in [0.1, 0.15) is 0 Å². The third kappa shape index (κ3) is 4.37. The molecule has 1 aliphatic heterocycles. The van der Waals surface area contributed by atoms with Crippen LogP contribution in [0.2, 0.25) is 0 Å². The van der Waals surface area contributed by atoms with E-state index in [0.29, 0.717) is 17.1 Å². The Kier molecular flexibility index (Phi) is 5.74. The Morgan fingerprint density at radius 1 is 1.11 bits per heavy atom. The summed E-state index contributed by atoms with van der Waals surface area (Å²) in [6.45, 7) is 1.74. The molecule has 0 N–H and O–H groups in total. The molecule has 7 nitrogen and oxygen atoms in total. The van der Waals surface area contributed by atoms with E-state index in [1.165, 1.54) is 14.2 Å². The van der Waals surface area contributed by atoms with Crippen LogP contribution in [0.15, 0.2) is 53.2 Å². The number of esters is 2. The van der Waals surface area contributed by atoms with Crippen LogP contribution >= 0.6 is 0 Å². The van der Waals surface area contributed by atoms with Gasteiger partial charge in [-0.15, -0.1) is 0 Å². The van der Waals surface area contributed by atoms with E-state index in [1.807, 2.05) is 31.2 Å². The van der Waals surface area contributed by atoms with E-state index in [4.69, 9.17) is 14.2 Å². The molecule has 3 rings (SSSR count). The third-order valence-electron chi connectivity index (χ3n) is 3.98. The van der Waals surface area contributed by atoms with E-state index in [0.717, 1.165) is 11.1 Å². The Bertz CT molecular complexity index is 959. The third-order valence-corrected chi connectivity index (χ3v) is 3.98. The first-order chi connectivity index (χ1) is 13.5. The Balaban J connectivity index is 1.83. The maximum atomic E-state index is 12.1. The summed E-state index contributed by atoms with van der Waals surface area (Å²) in [6.07, 6.45) is 1.59. The first kappa shape index (κ1) is 19.2. The molecule has 28 heavy (non-hydrogen) atoms. The molecule has 0 bridgehead atoms. The second kappa shape index (κ2) is 8.39. The van der Waals surface area contributed by atoms with Gasteiger partial charge in [-0.1, -0.05) is 23.8 Å². The van der Waals surface area contributed by atoms with Crippen LogP contribution in [0.1, 0.15) is 16.7 Å². The second-order valence-corrected chi connectivity index (χ2v) is 5.98. The summed E-state index contributed by atoms with van der Waals surface area (Å²) in [5, 5.41) is 0. The summed E-state index contributed by atoms with van der Waals surface area (Å²) in [4.78, 5) is 27.7. The Labute approximate surface area is 162 Å². The smallest absolute Gasteiger partial charge is 0.363 e. The molecule has 0 atom stereocenters. The van der Waals surface area contributed by atoms with E-state index in [-0.39, 0.29) is 18.2 Å². The molecule has 2 aromatic rings. The molecule has 0 aromatic heterocycles. The highest BCUT2D eigenvalue weighted by Crippen LogP contribution is 2.29. The van der Waals surface area contributed by atoms with Crippen LogP contribution in [0.5, 0.6) is 11.5 Å². The molecule has 0 saturated carbocycles. The van der Waals surface area contributed by atoms with Gasteiger partial charge in [0, 0.05) is 5.56 Å². The number of hydrogen-bond donors (Lipinski definition) is 0. The number of carbonyl (C=O) groups excluding carboxylic acids is 2. The van der Waals surface area contributed by atoms with Gasteiger partial charge in [-0.05, 0) is 42.8 Å². The van der Waals surface area contributed by atoms with Crippen molar-refractivity contribution in [2.45, 2.75) is 6.92 Å². The fourth-order valence-corrected chi connectivity index (χ4v) is 2.48. The van der Waals surface area contributed by atoms with Crippen LogP contribution in [-0.4, -0.2) is 38.7 Å². The molecule has 0 fully saturated rings. The van der Waals surface area contributed by atoms with Gasteiger partial charge in [0.15, 0.2) is 23.8 Å². The van der Waals surface area contributed by atoms with Gasteiger partial charge in [0.25, 0.3) is 0 Å². The number of carbonyl (C=O) groups is 2. The minimum atomic E-state index is -0.527. The van der Waals surface area contributed by atoms with Crippen LogP contribution < -0.4 is 9.47 Å². The van der Waals surface area contributed by atoms with Crippen molar-refractivity contribution in [2.24, 2.45) is 4.99 Å². The highest BCUT2D eigenvalue weighted by molar-refractivity contribution is 6.12. The largest absolute Gasteiger partial charge is 0.493 e. The zero-order valence-electron chi connectivity index (χ0n) is 15.7. The van der Waals surface area contributed by atoms with Gasteiger partial charge in [0.2, 0.25) is 5.90 Å². The summed E-state index contributed by atoms with van der Waals surface area (Å²) >= 11 is 0. The quantitative estimate of drug-likeness (QED) is 0.565. The number of hydrogen-bond acceptors (Lipinski definition) is 7. The van der Waals surface area contributed by atoms with Crippen molar-refractivity contribution in [1.82, 2.24) is 0 Å². The van der Waals surface area contributed by atoms with Gasteiger partial charge < -0.3 is 18.9 Å². The van der Waals surface area contributed by atoms with Crippen molar-refractivity contribution in [1.29, 1.82) is 0 Å². The predicted octanol–water partition coefficient (Wildman–Crippen LogP) is 2.90. The van der Waals surface area contributed by atoms with Crippen LogP contribution in [0.25, 0.3) is 6.08 Å². The average molecular weight is 381 g/mol. The molecule has 0 radical (unpaired) electrons. The van der Waals surface area contributed by atoms with E-state index in [1.54, 1.807) is 24.3 Å². The predicted molar refractivity (Wildman–Crippen MR) is 102 cm³/mol. The Hall–Kier alpha value is -3.61. The molecule has 7 heteroatoms. The number of ether oxygens (including phenoxy) is 4. The van der Waals surface area contributed by atoms with Crippen LogP contribution in [-0.2, 0) is 19.1 Å². The van der Waals surface area contributed by atoms with Crippen molar-refractivity contribution in [2.75, 3.05) is 20.8 Å². The number of aliphatic imine (C=N–C) groups is 1. The van der Waals surface area contributed by atoms with Crippen LogP contribution in [0, 0.1) is 6.92 Å². The van der Waals surface area contributed by atoms with E-state index in [2.05, 4.69) is 9.73 Å². The minimum Gasteiger partial charge on any atom is -0.493 e. The second-order valence-electron chi connectivity index (χ2n) is 5.98. The molecule has 144 valence electrons. The van der Waals surface area contributed by atoms with Crippen molar-refractivity contribution in [3.63, 3.8) is 0 Å². The number of aryl methyl sites for hydroxylation is 1. The number of cyclic esters (lactones) is 1. The van der Waals surface area contributed by atoms with Gasteiger partial charge in [-0.3, -0.25) is 0 Å². The summed E-state index contributed by atoms with van der Waals surface area (Å²) in [7, 11) is 2.76. The van der Waals surface area contributed by atoms with Crippen molar-refractivity contribution in [3.8, 4) is 11.5 Å². The molecule has 0 spiro atoms. The summed E-state index contributed by atoms with van der Waals surface area (Å²) < 4.78 is 20.5. The SMILES string of the molecule is COC(=O)COc1ccc(/C=C2\N=C(c3ccc(C)cc3)OC2=O)cc1OC. The fourth-order valence-electron chi connectivity index (χ4n) is 2.48. The number of rotatable bonds is 6. The van der Waals surface area contributed by atoms with Crippen molar-refractivity contribution in [3.05, 3.63) is 64.9 Å². The standard InChI is InChI=1S/C21H19NO6/c1-13-4-7-15(8-5-13)20-22-16(21(24)28-20)10-14-6-9-17(18(11-14)25-2)27-12-19(23)26-3/h4-11H,12H2,1-3H3/b16-10-. The highest BCUT2D eigenvalue weighted by atomic mass is 16.6. The number of benzene rings is 2. The normalized spacial score (nSPS) is 14.5. The van der Waals surface area contributed by atoms with E-state index >= 15 is 0 Å². The van der Waals surface area contributed by atoms with Crippen molar-refractivity contribution >= 4 is 23.9 Å². The molecule has 1 aliphatic rings. The molecular formula is C21H19NO6. The zero-order valence-corrected chi connectivity index (χ0v) is 15.7. The highest BCUT2D eigenvalue weighted by Gasteiger charge is 2.24. The van der Waals surface area contributed by atoms with Gasteiger partial charge in [-0.25, -0.2) is 14.6 Å². The lowest BCUT2D eigenvalue weighted by Crippen LogP contribution is -2.12.